The van der Waals surface area contributed by atoms with Crippen molar-refractivity contribution in [1.82, 2.24) is 0 Å². The zero-order valence-corrected chi connectivity index (χ0v) is 17.9. The van der Waals surface area contributed by atoms with Crippen LogP contribution in [0.2, 0.25) is 5.02 Å². The first-order valence-electron chi connectivity index (χ1n) is 9.20. The van der Waals surface area contributed by atoms with Gasteiger partial charge in [0.1, 0.15) is 11.6 Å². The Bertz CT molecular complexity index is 1270. The van der Waals surface area contributed by atoms with E-state index < -0.39 is 21.7 Å². The van der Waals surface area contributed by atoms with Gasteiger partial charge in [-0.15, -0.1) is 0 Å². The summed E-state index contributed by atoms with van der Waals surface area (Å²) in [7, 11) is -3.96. The number of sulfonamides is 1. The third-order valence-electron chi connectivity index (χ3n) is 4.33. The lowest BCUT2D eigenvalue weighted by atomic mass is 10.3. The third kappa shape index (κ3) is 5.04. The molecule has 32 heavy (non-hydrogen) atoms. The van der Waals surface area contributed by atoms with Crippen LogP contribution in [-0.4, -0.2) is 27.7 Å². The first kappa shape index (κ1) is 21.7. The highest BCUT2D eigenvalue weighted by molar-refractivity contribution is 7.92. The smallest absolute Gasteiger partial charge is 0.262 e. The number of rotatable bonds is 7. The van der Waals surface area contributed by atoms with Crippen molar-refractivity contribution < 1.29 is 31.8 Å². The fraction of sp³-hybridized carbons (Fsp3) is 0.0952. The van der Waals surface area contributed by atoms with Gasteiger partial charge >= 0.3 is 0 Å². The SMILES string of the molecule is O=C(COc1ccc(S(=O)(=O)Nc2ccc(F)cc2)cc1Cl)Nc1ccc2c(c1)OCO2. The van der Waals surface area contributed by atoms with E-state index in [4.69, 9.17) is 25.8 Å². The number of benzene rings is 3. The van der Waals surface area contributed by atoms with Crippen molar-refractivity contribution in [2.24, 2.45) is 0 Å². The Labute approximate surface area is 187 Å². The number of carbonyl (C=O) groups excluding carboxylic acids is 1. The molecule has 3 aromatic rings. The maximum absolute atomic E-state index is 13.0. The molecule has 0 saturated heterocycles. The molecule has 3 aromatic carbocycles. The minimum absolute atomic E-state index is 0.00265. The summed E-state index contributed by atoms with van der Waals surface area (Å²) in [6, 6.07) is 13.6. The molecule has 11 heteroatoms. The van der Waals surface area contributed by atoms with Crippen LogP contribution in [0.4, 0.5) is 15.8 Å². The quantitative estimate of drug-likeness (QED) is 0.531. The van der Waals surface area contributed by atoms with Crippen LogP contribution >= 0.6 is 11.6 Å². The van der Waals surface area contributed by atoms with Gasteiger partial charge in [-0.2, -0.15) is 0 Å². The van der Waals surface area contributed by atoms with Crippen LogP contribution in [0.1, 0.15) is 0 Å². The van der Waals surface area contributed by atoms with Gasteiger partial charge in [0, 0.05) is 17.4 Å². The van der Waals surface area contributed by atoms with Crippen LogP contribution in [0.15, 0.2) is 65.6 Å². The van der Waals surface area contributed by atoms with Crippen LogP contribution < -0.4 is 24.2 Å². The van der Waals surface area contributed by atoms with Crippen molar-refractivity contribution in [3.63, 3.8) is 0 Å². The number of amides is 1. The van der Waals surface area contributed by atoms with Crippen LogP contribution in [0.5, 0.6) is 17.2 Å². The maximum atomic E-state index is 13.0. The minimum atomic E-state index is -3.96. The lowest BCUT2D eigenvalue weighted by Crippen LogP contribution is -2.20. The summed E-state index contributed by atoms with van der Waals surface area (Å²) in [5.41, 5.74) is 0.699. The molecular formula is C21H16ClFN2O6S. The number of halogens is 2. The summed E-state index contributed by atoms with van der Waals surface area (Å²) in [6.07, 6.45) is 0. The molecule has 0 radical (unpaired) electrons. The number of carbonyl (C=O) groups is 1. The molecule has 1 aliphatic heterocycles. The number of ether oxygens (including phenoxy) is 3. The topological polar surface area (TPSA) is 103 Å². The van der Waals surface area contributed by atoms with Gasteiger partial charge in [-0.3, -0.25) is 9.52 Å². The van der Waals surface area contributed by atoms with Crippen molar-refractivity contribution in [3.8, 4) is 17.2 Å². The van der Waals surface area contributed by atoms with Gasteiger partial charge in [0.05, 0.1) is 9.92 Å². The number of fused-ring (bicyclic) bond motifs is 1. The number of hydrogen-bond donors (Lipinski definition) is 2. The Kier molecular flexibility index (Phi) is 6.06. The molecule has 0 saturated carbocycles. The molecule has 0 spiro atoms. The zero-order chi connectivity index (χ0) is 22.7. The predicted molar refractivity (Wildman–Crippen MR) is 115 cm³/mol. The molecular weight excluding hydrogens is 463 g/mol. The van der Waals surface area contributed by atoms with Crippen molar-refractivity contribution in [2.75, 3.05) is 23.4 Å². The summed E-state index contributed by atoms with van der Waals surface area (Å²) in [5, 5.41) is 2.66. The molecule has 0 bridgehead atoms. The van der Waals surface area contributed by atoms with E-state index in [9.17, 15) is 17.6 Å². The van der Waals surface area contributed by atoms with Gasteiger partial charge in [-0.1, -0.05) is 11.6 Å². The fourth-order valence-electron chi connectivity index (χ4n) is 2.81. The highest BCUT2D eigenvalue weighted by Gasteiger charge is 2.18. The van der Waals surface area contributed by atoms with Crippen LogP contribution in [0.25, 0.3) is 0 Å². The van der Waals surface area contributed by atoms with E-state index in [0.29, 0.717) is 17.2 Å². The largest absolute Gasteiger partial charge is 0.482 e. The molecule has 1 amide bonds. The van der Waals surface area contributed by atoms with Crippen LogP contribution in [0, 0.1) is 5.82 Å². The second-order valence-electron chi connectivity index (χ2n) is 6.61. The molecule has 0 aliphatic carbocycles. The van der Waals surface area contributed by atoms with Crippen molar-refractivity contribution in [3.05, 3.63) is 71.5 Å². The molecule has 0 atom stereocenters. The normalized spacial score (nSPS) is 12.3. The summed E-state index contributed by atoms with van der Waals surface area (Å²) in [5.74, 6) is 0.315. The average Bonchev–Trinajstić information content (AvgIpc) is 3.22. The minimum Gasteiger partial charge on any atom is -0.482 e. The zero-order valence-electron chi connectivity index (χ0n) is 16.3. The highest BCUT2D eigenvalue weighted by Crippen LogP contribution is 2.34. The molecule has 0 fully saturated rings. The van der Waals surface area contributed by atoms with Crippen LogP contribution in [0.3, 0.4) is 0 Å². The molecule has 1 aliphatic rings. The molecule has 1 heterocycles. The molecule has 2 N–H and O–H groups in total. The Balaban J connectivity index is 1.37. The van der Waals surface area contributed by atoms with Gasteiger partial charge in [0.15, 0.2) is 18.1 Å². The lowest BCUT2D eigenvalue weighted by molar-refractivity contribution is -0.118. The van der Waals surface area contributed by atoms with Crippen LogP contribution in [-0.2, 0) is 14.8 Å². The highest BCUT2D eigenvalue weighted by atomic mass is 35.5. The second kappa shape index (κ2) is 8.93. The summed E-state index contributed by atoms with van der Waals surface area (Å²) in [6.45, 7) is -0.229. The second-order valence-corrected chi connectivity index (χ2v) is 8.70. The Morgan fingerprint density at radius 3 is 2.47 bits per heavy atom. The maximum Gasteiger partial charge on any atom is 0.262 e. The van der Waals surface area contributed by atoms with Gasteiger partial charge < -0.3 is 19.5 Å². The third-order valence-corrected chi connectivity index (χ3v) is 6.00. The van der Waals surface area contributed by atoms with E-state index in [2.05, 4.69) is 10.0 Å². The van der Waals surface area contributed by atoms with Gasteiger partial charge in [-0.05, 0) is 54.6 Å². The summed E-state index contributed by atoms with van der Waals surface area (Å²) < 4.78 is 56.2. The number of nitrogens with one attached hydrogen (secondary N) is 2. The Hall–Kier alpha value is -3.50. The summed E-state index contributed by atoms with van der Waals surface area (Å²) in [4.78, 5) is 12.0. The van der Waals surface area contributed by atoms with E-state index in [1.807, 2.05) is 0 Å². The standard InChI is InChI=1S/C21H16ClFN2O6S/c22-17-10-16(32(27,28)25-14-3-1-13(23)2-4-14)6-8-18(17)29-11-21(26)24-15-5-7-19-20(9-15)31-12-30-19/h1-10,25H,11-12H2,(H,24,26). The molecule has 0 aromatic heterocycles. The molecule has 0 unspecified atom stereocenters. The Morgan fingerprint density at radius 2 is 1.72 bits per heavy atom. The Morgan fingerprint density at radius 1 is 1.00 bits per heavy atom. The first-order valence-corrected chi connectivity index (χ1v) is 11.1. The lowest BCUT2D eigenvalue weighted by Gasteiger charge is -2.12. The fourth-order valence-corrected chi connectivity index (χ4v) is 4.20. The van der Waals surface area contributed by atoms with E-state index >= 15 is 0 Å². The van der Waals surface area contributed by atoms with E-state index in [1.165, 1.54) is 30.3 Å². The number of anilines is 2. The average molecular weight is 479 g/mol. The van der Waals surface area contributed by atoms with Crippen molar-refractivity contribution in [2.45, 2.75) is 4.90 Å². The van der Waals surface area contributed by atoms with Gasteiger partial charge in [-0.25, -0.2) is 12.8 Å². The number of hydrogen-bond acceptors (Lipinski definition) is 6. The van der Waals surface area contributed by atoms with Crippen molar-refractivity contribution >= 4 is 38.9 Å². The molecule has 8 nitrogen and oxygen atoms in total. The van der Waals surface area contributed by atoms with E-state index in [-0.39, 0.29) is 34.8 Å². The van der Waals surface area contributed by atoms with Gasteiger partial charge in [0.25, 0.3) is 15.9 Å². The molecule has 4 rings (SSSR count). The molecule has 166 valence electrons. The first-order chi connectivity index (χ1) is 15.3. The predicted octanol–water partition coefficient (Wildman–Crippen LogP) is 4.03. The van der Waals surface area contributed by atoms with E-state index in [1.54, 1.807) is 18.2 Å². The monoisotopic (exact) mass is 478 g/mol. The van der Waals surface area contributed by atoms with E-state index in [0.717, 1.165) is 12.1 Å². The summed E-state index contributed by atoms with van der Waals surface area (Å²) >= 11 is 6.14. The van der Waals surface area contributed by atoms with Gasteiger partial charge in [0.2, 0.25) is 6.79 Å². The van der Waals surface area contributed by atoms with Crippen molar-refractivity contribution in [1.29, 1.82) is 0 Å².